The Labute approximate surface area is 110 Å². The summed E-state index contributed by atoms with van der Waals surface area (Å²) in [5.74, 6) is 0.103. The van der Waals surface area contributed by atoms with E-state index in [1.54, 1.807) is 0 Å². The zero-order valence-corrected chi connectivity index (χ0v) is 11.2. The van der Waals surface area contributed by atoms with Gasteiger partial charge >= 0.3 is 0 Å². The summed E-state index contributed by atoms with van der Waals surface area (Å²) < 4.78 is 0.836. The van der Waals surface area contributed by atoms with Crippen LogP contribution < -0.4 is 0 Å². The van der Waals surface area contributed by atoms with Crippen molar-refractivity contribution in [1.82, 2.24) is 4.90 Å². The summed E-state index contributed by atoms with van der Waals surface area (Å²) in [6.45, 7) is 1.89. The molecule has 1 aliphatic heterocycles. The number of β-amino-alcohol motifs (C(OH)–C–C–N with tert-alkyl or cyclic N) is 1. The van der Waals surface area contributed by atoms with Crippen LogP contribution in [0.4, 0.5) is 0 Å². The average Bonchev–Trinajstić information content (AvgIpc) is 2.29. The SMILES string of the molecule is O=C(CN1CCCC(O)C1)c1ccccc1Br. The summed E-state index contributed by atoms with van der Waals surface area (Å²) in [7, 11) is 0. The van der Waals surface area contributed by atoms with Gasteiger partial charge in [-0.25, -0.2) is 0 Å². The maximum Gasteiger partial charge on any atom is 0.177 e. The Morgan fingerprint density at radius 3 is 2.94 bits per heavy atom. The maximum atomic E-state index is 12.1. The Balaban J connectivity index is 1.99. The number of benzene rings is 1. The highest BCUT2D eigenvalue weighted by molar-refractivity contribution is 9.10. The van der Waals surface area contributed by atoms with Crippen LogP contribution in [-0.4, -0.2) is 41.5 Å². The van der Waals surface area contributed by atoms with Crippen molar-refractivity contribution in [2.24, 2.45) is 0 Å². The fourth-order valence-corrected chi connectivity index (χ4v) is 2.66. The summed E-state index contributed by atoms with van der Waals surface area (Å²) in [5, 5.41) is 9.56. The molecule has 1 saturated heterocycles. The lowest BCUT2D eigenvalue weighted by atomic mass is 10.1. The second kappa shape index (κ2) is 5.76. The van der Waals surface area contributed by atoms with Gasteiger partial charge in [-0.3, -0.25) is 9.69 Å². The molecule has 0 amide bonds. The Morgan fingerprint density at radius 2 is 2.24 bits per heavy atom. The first-order chi connectivity index (χ1) is 8.16. The number of aliphatic hydroxyl groups is 1. The van der Waals surface area contributed by atoms with Gasteiger partial charge in [0.2, 0.25) is 0 Å². The van der Waals surface area contributed by atoms with Crippen LogP contribution in [0.1, 0.15) is 23.2 Å². The van der Waals surface area contributed by atoms with Crippen LogP contribution in [0.3, 0.4) is 0 Å². The number of carbonyl (C=O) groups is 1. The standard InChI is InChI=1S/C13H16BrNO2/c14-12-6-2-1-5-11(12)13(17)9-15-7-3-4-10(16)8-15/h1-2,5-6,10,16H,3-4,7-9H2. The van der Waals surface area contributed by atoms with Crippen LogP contribution in [0.2, 0.25) is 0 Å². The third kappa shape index (κ3) is 3.37. The average molecular weight is 298 g/mol. The van der Waals surface area contributed by atoms with Crippen molar-refractivity contribution in [2.45, 2.75) is 18.9 Å². The highest BCUT2D eigenvalue weighted by Gasteiger charge is 2.20. The number of likely N-dealkylation sites (tertiary alicyclic amines) is 1. The van der Waals surface area contributed by atoms with Crippen molar-refractivity contribution >= 4 is 21.7 Å². The predicted molar refractivity (Wildman–Crippen MR) is 70.2 cm³/mol. The van der Waals surface area contributed by atoms with Gasteiger partial charge in [-0.05, 0) is 25.5 Å². The number of hydrogen-bond acceptors (Lipinski definition) is 3. The zero-order valence-electron chi connectivity index (χ0n) is 9.60. The van der Waals surface area contributed by atoms with E-state index in [0.29, 0.717) is 18.7 Å². The maximum absolute atomic E-state index is 12.1. The number of halogens is 1. The van der Waals surface area contributed by atoms with E-state index in [2.05, 4.69) is 15.9 Å². The Bertz CT molecular complexity index is 408. The molecule has 4 heteroatoms. The first kappa shape index (κ1) is 12.7. The highest BCUT2D eigenvalue weighted by Crippen LogP contribution is 2.18. The smallest absolute Gasteiger partial charge is 0.177 e. The topological polar surface area (TPSA) is 40.5 Å². The van der Waals surface area contributed by atoms with Crippen LogP contribution >= 0.6 is 15.9 Å². The van der Waals surface area contributed by atoms with Crippen LogP contribution in [0.25, 0.3) is 0 Å². The quantitative estimate of drug-likeness (QED) is 0.869. The molecule has 0 aromatic heterocycles. The van der Waals surface area contributed by atoms with Crippen molar-refractivity contribution in [1.29, 1.82) is 0 Å². The van der Waals surface area contributed by atoms with E-state index in [9.17, 15) is 9.90 Å². The van der Waals surface area contributed by atoms with Crippen molar-refractivity contribution in [3.05, 3.63) is 34.3 Å². The van der Waals surface area contributed by atoms with Crippen LogP contribution in [0.5, 0.6) is 0 Å². The molecule has 17 heavy (non-hydrogen) atoms. The van der Waals surface area contributed by atoms with Crippen molar-refractivity contribution < 1.29 is 9.90 Å². The van der Waals surface area contributed by atoms with Crippen LogP contribution in [0, 0.1) is 0 Å². The van der Waals surface area contributed by atoms with Crippen LogP contribution in [-0.2, 0) is 0 Å². The largest absolute Gasteiger partial charge is 0.392 e. The van der Waals surface area contributed by atoms with E-state index in [1.807, 2.05) is 29.2 Å². The fraction of sp³-hybridized carbons (Fsp3) is 0.462. The lowest BCUT2D eigenvalue weighted by Gasteiger charge is -2.29. The van der Waals surface area contributed by atoms with Gasteiger partial charge in [0, 0.05) is 16.6 Å². The van der Waals surface area contributed by atoms with Crippen LogP contribution in [0.15, 0.2) is 28.7 Å². The van der Waals surface area contributed by atoms with E-state index >= 15 is 0 Å². The molecular weight excluding hydrogens is 282 g/mol. The van der Waals surface area contributed by atoms with E-state index < -0.39 is 0 Å². The molecule has 1 aromatic rings. The fourth-order valence-electron chi connectivity index (χ4n) is 2.15. The Morgan fingerprint density at radius 1 is 1.47 bits per heavy atom. The number of carbonyl (C=O) groups excluding carboxylic acids is 1. The molecule has 1 aromatic carbocycles. The molecule has 0 radical (unpaired) electrons. The molecule has 1 N–H and O–H groups in total. The summed E-state index contributed by atoms with van der Waals surface area (Å²) in [6.07, 6.45) is 1.53. The van der Waals surface area contributed by atoms with Crippen molar-refractivity contribution in [3.8, 4) is 0 Å². The molecule has 3 nitrogen and oxygen atoms in total. The number of Topliss-reactive ketones (excluding diaryl/α,β-unsaturated/α-hetero) is 1. The number of piperidine rings is 1. The number of aliphatic hydroxyl groups excluding tert-OH is 1. The van der Waals surface area contributed by atoms with E-state index in [4.69, 9.17) is 0 Å². The summed E-state index contributed by atoms with van der Waals surface area (Å²) in [6, 6.07) is 7.46. The Kier molecular flexibility index (Phi) is 4.31. The van der Waals surface area contributed by atoms with E-state index in [-0.39, 0.29) is 11.9 Å². The summed E-state index contributed by atoms with van der Waals surface area (Å²) in [4.78, 5) is 14.1. The molecular formula is C13H16BrNO2. The van der Waals surface area contributed by atoms with Gasteiger partial charge in [-0.2, -0.15) is 0 Å². The summed E-state index contributed by atoms with van der Waals surface area (Å²) in [5.41, 5.74) is 0.715. The zero-order chi connectivity index (χ0) is 12.3. The minimum atomic E-state index is -0.282. The molecule has 2 rings (SSSR count). The van der Waals surface area contributed by atoms with Gasteiger partial charge in [-0.15, -0.1) is 0 Å². The third-order valence-electron chi connectivity index (χ3n) is 3.02. The van der Waals surface area contributed by atoms with Gasteiger partial charge < -0.3 is 5.11 Å². The number of ketones is 1. The van der Waals surface area contributed by atoms with E-state index in [0.717, 1.165) is 23.9 Å². The molecule has 1 fully saturated rings. The Hall–Kier alpha value is -0.710. The monoisotopic (exact) mass is 297 g/mol. The predicted octanol–water partition coefficient (Wildman–Crippen LogP) is 2.09. The molecule has 1 heterocycles. The highest BCUT2D eigenvalue weighted by atomic mass is 79.9. The molecule has 1 unspecified atom stereocenters. The van der Waals surface area contributed by atoms with E-state index in [1.165, 1.54) is 0 Å². The van der Waals surface area contributed by atoms with Crippen molar-refractivity contribution in [3.63, 3.8) is 0 Å². The third-order valence-corrected chi connectivity index (χ3v) is 3.71. The van der Waals surface area contributed by atoms with Gasteiger partial charge in [0.15, 0.2) is 5.78 Å². The van der Waals surface area contributed by atoms with Crippen molar-refractivity contribution in [2.75, 3.05) is 19.6 Å². The lowest BCUT2D eigenvalue weighted by Crippen LogP contribution is -2.41. The minimum Gasteiger partial charge on any atom is -0.392 e. The van der Waals surface area contributed by atoms with Gasteiger partial charge in [0.1, 0.15) is 0 Å². The van der Waals surface area contributed by atoms with Gasteiger partial charge in [0.05, 0.1) is 12.6 Å². The minimum absolute atomic E-state index is 0.103. The van der Waals surface area contributed by atoms with Gasteiger partial charge in [-0.1, -0.05) is 34.1 Å². The second-order valence-corrected chi connectivity index (χ2v) is 5.29. The number of nitrogens with zero attached hydrogens (tertiary/aromatic N) is 1. The van der Waals surface area contributed by atoms with Gasteiger partial charge in [0.25, 0.3) is 0 Å². The molecule has 92 valence electrons. The lowest BCUT2D eigenvalue weighted by molar-refractivity contribution is 0.0634. The normalized spacial score (nSPS) is 21.4. The molecule has 0 saturated carbocycles. The molecule has 0 bridgehead atoms. The first-order valence-electron chi connectivity index (χ1n) is 5.85. The first-order valence-corrected chi connectivity index (χ1v) is 6.64. The molecule has 0 aliphatic carbocycles. The molecule has 0 spiro atoms. The number of hydrogen-bond donors (Lipinski definition) is 1. The molecule has 1 aliphatic rings. The molecule has 1 atom stereocenters. The number of rotatable bonds is 3. The second-order valence-electron chi connectivity index (χ2n) is 4.43. The summed E-state index contributed by atoms with van der Waals surface area (Å²) >= 11 is 3.38.